The molecule has 1 aliphatic rings. The summed E-state index contributed by atoms with van der Waals surface area (Å²) in [6, 6.07) is 17.9. The van der Waals surface area contributed by atoms with Crippen LogP contribution in [-0.2, 0) is 23.4 Å². The normalized spacial score (nSPS) is 24.4. The highest BCUT2D eigenvalue weighted by molar-refractivity contribution is 8.49. The molecule has 2 aromatic rings. The molecule has 2 unspecified atom stereocenters. The number of sulfone groups is 1. The highest BCUT2D eigenvalue weighted by Gasteiger charge is 2.66. The molecule has 1 heterocycles. The van der Waals surface area contributed by atoms with Gasteiger partial charge in [0.25, 0.3) is 0 Å². The molecule has 2 atom stereocenters. The lowest BCUT2D eigenvalue weighted by Gasteiger charge is -2.35. The van der Waals surface area contributed by atoms with Crippen LogP contribution < -0.4 is 0 Å². The van der Waals surface area contributed by atoms with Crippen molar-refractivity contribution < 1.29 is 22.0 Å². The van der Waals surface area contributed by atoms with Gasteiger partial charge in [0.05, 0.1) is 18.1 Å². The van der Waals surface area contributed by atoms with E-state index in [1.807, 2.05) is 36.6 Å². The first-order valence-corrected chi connectivity index (χ1v) is 16.5. The third-order valence-corrected chi connectivity index (χ3v) is 19.5. The fraction of sp³-hybridized carbons (Fsp3) is 0.400. The molecule has 0 amide bonds. The van der Waals surface area contributed by atoms with Gasteiger partial charge in [-0.2, -0.15) is 0 Å². The van der Waals surface area contributed by atoms with Crippen LogP contribution in [0.15, 0.2) is 70.5 Å². The number of hydrogen-bond donors (Lipinski definition) is 0. The van der Waals surface area contributed by atoms with Crippen LogP contribution >= 0.6 is 54.6 Å². The van der Waals surface area contributed by atoms with E-state index in [1.54, 1.807) is 44.2 Å². The van der Waals surface area contributed by atoms with E-state index in [4.69, 9.17) is 9.05 Å². The molecule has 0 N–H and O–H groups in total. The van der Waals surface area contributed by atoms with Gasteiger partial charge in [-0.05, 0) is 44.4 Å². The van der Waals surface area contributed by atoms with Crippen LogP contribution in [0.3, 0.4) is 0 Å². The predicted octanol–water partition coefficient (Wildman–Crippen LogP) is 6.63. The average molecular weight is 537 g/mol. The third-order valence-electron chi connectivity index (χ3n) is 4.39. The molecule has 0 aliphatic carbocycles. The first kappa shape index (κ1) is 25.6. The molecular weight excluding hydrogens is 512 g/mol. The Kier molecular flexibility index (Phi) is 8.63. The van der Waals surface area contributed by atoms with Crippen LogP contribution in [0.4, 0.5) is 0 Å². The first-order chi connectivity index (χ1) is 14.8. The van der Waals surface area contributed by atoms with Gasteiger partial charge in [-0.3, -0.25) is 4.57 Å². The zero-order valence-electron chi connectivity index (χ0n) is 17.4. The molecule has 1 aliphatic heterocycles. The Morgan fingerprint density at radius 3 is 2.06 bits per heavy atom. The van der Waals surface area contributed by atoms with Gasteiger partial charge in [-0.25, -0.2) is 8.42 Å². The van der Waals surface area contributed by atoms with Crippen LogP contribution in [0.2, 0.25) is 0 Å². The van der Waals surface area contributed by atoms with Gasteiger partial charge in [-0.1, -0.05) is 59.9 Å². The molecule has 0 aromatic heterocycles. The minimum Gasteiger partial charge on any atom is -0.307 e. The largest absolute Gasteiger partial charge is 0.366 e. The highest BCUT2D eigenvalue weighted by atomic mass is 32.3. The van der Waals surface area contributed by atoms with Gasteiger partial charge in [0, 0.05) is 10.6 Å². The van der Waals surface area contributed by atoms with E-state index < -0.39 is 24.0 Å². The first-order valence-electron chi connectivity index (χ1n) is 9.60. The summed E-state index contributed by atoms with van der Waals surface area (Å²) < 4.78 is 50.8. The molecule has 0 spiro atoms. The Morgan fingerprint density at radius 2 is 1.55 bits per heavy atom. The number of rotatable bonds is 10. The summed E-state index contributed by atoms with van der Waals surface area (Å²) in [5.74, 6) is 0.236. The van der Waals surface area contributed by atoms with Gasteiger partial charge in [0.15, 0.2) is 3.41 Å². The van der Waals surface area contributed by atoms with E-state index in [0.29, 0.717) is 0 Å². The minimum atomic E-state index is -3.81. The molecule has 5 nitrogen and oxygen atoms in total. The predicted molar refractivity (Wildman–Crippen MR) is 136 cm³/mol. The van der Waals surface area contributed by atoms with Crippen molar-refractivity contribution in [3.63, 3.8) is 0 Å². The maximum absolute atomic E-state index is 14.0. The molecule has 0 bridgehead atoms. The smallest absolute Gasteiger partial charge is 0.307 e. The van der Waals surface area contributed by atoms with Crippen LogP contribution in [-0.4, -0.2) is 40.2 Å². The second kappa shape index (κ2) is 10.5. The Bertz CT molecular complexity index is 1010. The van der Waals surface area contributed by atoms with Crippen molar-refractivity contribution in [2.24, 2.45) is 0 Å². The van der Waals surface area contributed by atoms with Crippen molar-refractivity contribution in [1.82, 2.24) is 0 Å². The molecule has 3 rings (SSSR count). The van der Waals surface area contributed by atoms with Crippen LogP contribution in [0.5, 0.6) is 0 Å². The molecule has 11 heteroatoms. The second-order valence-corrected chi connectivity index (χ2v) is 18.3. The SMILES string of the molecule is CCOP(=O)(OCC)C1(SC)SCC(Sc2ccccc2)(S(=O)(=O)c2ccccc2)S1. The Balaban J connectivity index is 2.13. The van der Waals surface area contributed by atoms with Crippen molar-refractivity contribution in [2.45, 2.75) is 30.2 Å². The second-order valence-electron chi connectivity index (χ2n) is 6.37. The number of thioether (sulfide) groups is 4. The molecule has 31 heavy (non-hydrogen) atoms. The number of benzene rings is 2. The zero-order chi connectivity index (χ0) is 22.6. The fourth-order valence-electron chi connectivity index (χ4n) is 3.00. The van der Waals surface area contributed by atoms with Gasteiger partial charge < -0.3 is 9.05 Å². The summed E-state index contributed by atoms with van der Waals surface area (Å²) in [6.07, 6.45) is 1.82. The average Bonchev–Trinajstić information content (AvgIpc) is 3.18. The zero-order valence-corrected chi connectivity index (χ0v) is 22.4. The van der Waals surface area contributed by atoms with E-state index in [-0.39, 0.29) is 23.9 Å². The summed E-state index contributed by atoms with van der Waals surface area (Å²) in [7, 11) is -7.44. The molecule has 170 valence electrons. The molecule has 0 radical (unpaired) electrons. The van der Waals surface area contributed by atoms with Crippen LogP contribution in [0, 0.1) is 0 Å². The van der Waals surface area contributed by atoms with Gasteiger partial charge >= 0.3 is 7.60 Å². The molecule has 1 saturated heterocycles. The highest BCUT2D eigenvalue weighted by Crippen LogP contribution is 2.81. The molecular formula is C20H25O5PS5. The third kappa shape index (κ3) is 4.92. The summed E-state index contributed by atoms with van der Waals surface area (Å²) in [5, 5.41) is 0. The fourth-order valence-corrected chi connectivity index (χ4v) is 17.8. The van der Waals surface area contributed by atoms with E-state index >= 15 is 0 Å². The van der Waals surface area contributed by atoms with Crippen molar-refractivity contribution in [3.8, 4) is 0 Å². The Morgan fingerprint density at radius 1 is 1.00 bits per heavy atom. The minimum absolute atomic E-state index is 0.213. The van der Waals surface area contributed by atoms with E-state index in [9.17, 15) is 13.0 Å². The molecule has 0 saturated carbocycles. The Hall–Kier alpha value is -0.0600. The maximum atomic E-state index is 14.0. The standard InChI is InChI=1S/C20H25O5PS5/c1-4-24-26(21,25-5-2)20(27-3)28-16-19(30-20,29-17-12-8-6-9-13-17)31(22,23)18-14-10-7-11-15-18/h6-15H,4-5,16H2,1-3H3. The monoisotopic (exact) mass is 536 g/mol. The van der Waals surface area contributed by atoms with E-state index in [2.05, 4.69) is 0 Å². The molecule has 1 fully saturated rings. The lowest BCUT2D eigenvalue weighted by Crippen LogP contribution is -2.33. The summed E-state index contributed by atoms with van der Waals surface area (Å²) >= 11 is 5.12. The van der Waals surface area contributed by atoms with Crippen molar-refractivity contribution in [1.29, 1.82) is 0 Å². The summed E-state index contributed by atoms with van der Waals surface area (Å²) in [5.41, 5.74) is 0. The van der Waals surface area contributed by atoms with Gasteiger partial charge in [0.2, 0.25) is 13.0 Å². The van der Waals surface area contributed by atoms with E-state index in [1.165, 1.54) is 47.0 Å². The Labute approximate surface area is 201 Å². The topological polar surface area (TPSA) is 69.7 Å². The maximum Gasteiger partial charge on any atom is 0.366 e. The lowest BCUT2D eigenvalue weighted by molar-refractivity contribution is 0.221. The lowest BCUT2D eigenvalue weighted by atomic mass is 10.4. The summed E-state index contributed by atoms with van der Waals surface area (Å²) in [4.78, 5) is 1.07. The van der Waals surface area contributed by atoms with Gasteiger partial charge in [-0.15, -0.1) is 23.5 Å². The summed E-state index contributed by atoms with van der Waals surface area (Å²) in [6.45, 7) is 3.95. The van der Waals surface area contributed by atoms with Crippen molar-refractivity contribution in [2.75, 3.05) is 25.2 Å². The van der Waals surface area contributed by atoms with Gasteiger partial charge in [0.1, 0.15) is 0 Å². The van der Waals surface area contributed by atoms with Crippen LogP contribution in [0.25, 0.3) is 0 Å². The van der Waals surface area contributed by atoms with Crippen molar-refractivity contribution >= 4 is 64.5 Å². The number of hydrogen-bond acceptors (Lipinski definition) is 9. The van der Waals surface area contributed by atoms with Crippen LogP contribution in [0.1, 0.15) is 13.8 Å². The quantitative estimate of drug-likeness (QED) is 0.311. The van der Waals surface area contributed by atoms with Crippen molar-refractivity contribution in [3.05, 3.63) is 60.7 Å². The van der Waals surface area contributed by atoms with E-state index in [0.717, 1.165) is 4.90 Å². The molecule has 2 aromatic carbocycles.